The number of aliphatic hydroxyl groups is 3. The lowest BCUT2D eigenvalue weighted by molar-refractivity contribution is -0.143. The maximum atomic E-state index is 13.5. The van der Waals surface area contributed by atoms with E-state index < -0.39 is 116 Å². The van der Waals surface area contributed by atoms with E-state index in [9.17, 15) is 58.8 Å². The Balaban J connectivity index is 6.11. The van der Waals surface area contributed by atoms with Crippen LogP contribution in [0.3, 0.4) is 0 Å². The van der Waals surface area contributed by atoms with Crippen LogP contribution in [0.25, 0.3) is 0 Å². The van der Waals surface area contributed by atoms with E-state index in [0.29, 0.717) is 0 Å². The molecular formula is C31H59N17O12. The van der Waals surface area contributed by atoms with Crippen molar-refractivity contribution in [1.29, 1.82) is 0 Å². The van der Waals surface area contributed by atoms with Crippen LogP contribution in [0.15, 0.2) is 15.0 Å². The molecule has 340 valence electrons. The lowest BCUT2D eigenvalue weighted by Crippen LogP contribution is -2.61. The molecule has 0 aromatic rings. The zero-order valence-corrected chi connectivity index (χ0v) is 32.7. The zero-order valence-electron chi connectivity index (χ0n) is 32.7. The van der Waals surface area contributed by atoms with E-state index in [1.165, 1.54) is 0 Å². The van der Waals surface area contributed by atoms with E-state index >= 15 is 0 Å². The van der Waals surface area contributed by atoms with Crippen molar-refractivity contribution in [3.05, 3.63) is 0 Å². The number of nitrogens with zero attached hydrogens (tertiary/aromatic N) is 3. The number of amides is 7. The lowest BCUT2D eigenvalue weighted by Gasteiger charge is -2.26. The SMILES string of the molecule is NC(=O)C[C@H](NC(=O)[C@@H](N)CCCN=C(N)N)C(=O)N[C@@H](CCCN=C(N)N)C(=O)N[C@@H](CO)C(=O)N[C@@H](CO)C(=O)N[C@@H](CCCN=C(N)N)C(=O)N[C@@H](CO)C(=O)O. The third-order valence-electron chi connectivity index (χ3n) is 7.93. The zero-order chi connectivity index (χ0) is 45.9. The number of aliphatic hydroxyl groups excluding tert-OH is 3. The van der Waals surface area contributed by atoms with Crippen LogP contribution >= 0.6 is 0 Å². The molecule has 0 aliphatic carbocycles. The molecule has 7 amide bonds. The van der Waals surface area contributed by atoms with Crippen LogP contribution in [0.5, 0.6) is 0 Å². The van der Waals surface area contributed by atoms with Crippen LogP contribution < -0.4 is 77.8 Å². The molecule has 0 spiro atoms. The molecule has 0 heterocycles. The topological polar surface area (TPSA) is 535 Å². The Morgan fingerprint density at radius 1 is 0.433 bits per heavy atom. The summed E-state index contributed by atoms with van der Waals surface area (Å²) in [6.07, 6.45) is -0.686. The maximum Gasteiger partial charge on any atom is 0.328 e. The molecule has 29 heteroatoms. The van der Waals surface area contributed by atoms with Crippen molar-refractivity contribution < 1.29 is 58.8 Å². The molecule has 0 bridgehead atoms. The van der Waals surface area contributed by atoms with E-state index in [1.54, 1.807) is 0 Å². The standard InChI is InChI=1S/C31H59N17O12/c32-14(4-1-7-40-29(34)35)22(53)45-17(10-21(33)52)25(56)43-15(5-2-8-41-30(36)37)23(54)46-19(12-50)27(58)47-18(11-49)26(57)44-16(6-3-9-42-31(38)39)24(55)48-20(13-51)28(59)60/h14-20,49-51H,1-13,32H2,(H2,33,52)(H,43,56)(H,44,57)(H,45,53)(H,46,54)(H,47,58)(H,48,55)(H,59,60)(H4,34,35,40)(H4,36,37,41)(H4,38,39,42)/t14-,15-,16-,17-,18-,19-,20-/m0/s1. The number of nitrogens with two attached hydrogens (primary N) is 8. The number of aliphatic imine (C=N–C) groups is 3. The second-order valence-corrected chi connectivity index (χ2v) is 12.9. The van der Waals surface area contributed by atoms with Gasteiger partial charge in [0, 0.05) is 19.6 Å². The molecule has 0 unspecified atom stereocenters. The van der Waals surface area contributed by atoms with Gasteiger partial charge in [-0.3, -0.25) is 48.5 Å². The first-order valence-corrected chi connectivity index (χ1v) is 18.2. The Kier molecular flexibility index (Phi) is 25.6. The highest BCUT2D eigenvalue weighted by atomic mass is 16.4. The highest BCUT2D eigenvalue weighted by molar-refractivity contribution is 5.98. The van der Waals surface area contributed by atoms with Gasteiger partial charge in [-0.1, -0.05) is 0 Å². The molecule has 7 atom stereocenters. The number of guanidine groups is 3. The first-order valence-electron chi connectivity index (χ1n) is 18.2. The number of rotatable bonds is 30. The van der Waals surface area contributed by atoms with Gasteiger partial charge in [0.25, 0.3) is 0 Å². The van der Waals surface area contributed by atoms with Gasteiger partial charge in [-0.25, -0.2) is 4.79 Å². The fourth-order valence-corrected chi connectivity index (χ4v) is 4.82. The first kappa shape index (κ1) is 53.4. The van der Waals surface area contributed by atoms with E-state index in [2.05, 4.69) is 41.6 Å². The van der Waals surface area contributed by atoms with Crippen molar-refractivity contribution in [2.24, 2.45) is 60.8 Å². The Labute approximate surface area is 343 Å². The molecule has 0 fully saturated rings. The summed E-state index contributed by atoms with van der Waals surface area (Å²) in [6, 6.07) is -11.3. The van der Waals surface area contributed by atoms with Gasteiger partial charge < -0.3 is 98.2 Å². The van der Waals surface area contributed by atoms with Crippen molar-refractivity contribution in [3.63, 3.8) is 0 Å². The molecule has 0 aromatic carbocycles. The van der Waals surface area contributed by atoms with E-state index in [0.717, 1.165) is 0 Å². The summed E-state index contributed by atoms with van der Waals surface area (Å²) in [5, 5.41) is 51.7. The van der Waals surface area contributed by atoms with E-state index in [-0.39, 0.29) is 76.0 Å². The minimum atomic E-state index is -1.84. The number of aliphatic carboxylic acids is 1. The molecule has 26 N–H and O–H groups in total. The predicted molar refractivity (Wildman–Crippen MR) is 212 cm³/mol. The van der Waals surface area contributed by atoms with Crippen molar-refractivity contribution in [2.75, 3.05) is 39.5 Å². The number of hydrogen-bond donors (Lipinski definition) is 18. The number of primary amides is 1. The summed E-state index contributed by atoms with van der Waals surface area (Å²) in [4.78, 5) is 113. The minimum absolute atomic E-state index is 0.0183. The number of carboxylic acids is 1. The second-order valence-electron chi connectivity index (χ2n) is 12.9. The van der Waals surface area contributed by atoms with Crippen LogP contribution in [-0.4, -0.2) is 167 Å². The van der Waals surface area contributed by atoms with Crippen molar-refractivity contribution in [3.8, 4) is 0 Å². The monoisotopic (exact) mass is 861 g/mol. The fourth-order valence-electron chi connectivity index (χ4n) is 4.82. The van der Waals surface area contributed by atoms with Crippen molar-refractivity contribution in [1.82, 2.24) is 31.9 Å². The molecule has 0 aliphatic rings. The normalized spacial score (nSPS) is 14.1. The minimum Gasteiger partial charge on any atom is -0.480 e. The average molecular weight is 862 g/mol. The fraction of sp³-hybridized carbons (Fsp3) is 0.645. The molecule has 60 heavy (non-hydrogen) atoms. The molecule has 0 aliphatic heterocycles. The van der Waals surface area contributed by atoms with Gasteiger partial charge >= 0.3 is 5.97 Å². The Morgan fingerprint density at radius 2 is 0.733 bits per heavy atom. The van der Waals surface area contributed by atoms with Crippen molar-refractivity contribution in [2.45, 2.75) is 87.2 Å². The Bertz CT molecular complexity index is 1550. The van der Waals surface area contributed by atoms with Gasteiger partial charge in [0.15, 0.2) is 17.9 Å². The van der Waals surface area contributed by atoms with Gasteiger partial charge in [-0.05, 0) is 38.5 Å². The van der Waals surface area contributed by atoms with Crippen LogP contribution in [0.2, 0.25) is 0 Å². The molecule has 0 aromatic heterocycles. The molecule has 0 radical (unpaired) electrons. The van der Waals surface area contributed by atoms with Gasteiger partial charge in [0.1, 0.15) is 36.3 Å². The summed E-state index contributed by atoms with van der Waals surface area (Å²) < 4.78 is 0. The smallest absolute Gasteiger partial charge is 0.328 e. The van der Waals surface area contributed by atoms with Gasteiger partial charge in [0.2, 0.25) is 41.4 Å². The molecule has 0 rings (SSSR count). The number of hydrogen-bond acceptors (Lipinski definition) is 15. The number of carbonyl (C=O) groups is 8. The van der Waals surface area contributed by atoms with Crippen LogP contribution in [-0.2, 0) is 38.4 Å². The molecule has 29 nitrogen and oxygen atoms in total. The third-order valence-corrected chi connectivity index (χ3v) is 7.93. The quantitative estimate of drug-likeness (QED) is 0.0181. The highest BCUT2D eigenvalue weighted by Crippen LogP contribution is 2.05. The second kappa shape index (κ2) is 28.8. The summed E-state index contributed by atoms with van der Waals surface area (Å²) in [6.45, 7) is -3.09. The summed E-state index contributed by atoms with van der Waals surface area (Å²) in [5.74, 6) is -9.85. The van der Waals surface area contributed by atoms with Gasteiger partial charge in [-0.2, -0.15) is 0 Å². The number of carbonyl (C=O) groups excluding carboxylic acids is 7. The molecule has 0 saturated heterocycles. The van der Waals surface area contributed by atoms with E-state index in [4.69, 9.17) is 45.9 Å². The Hall–Kier alpha value is -6.59. The molecule has 0 saturated carbocycles. The summed E-state index contributed by atoms with van der Waals surface area (Å²) in [7, 11) is 0. The number of carboxylic acid groups (broad SMARTS) is 1. The van der Waals surface area contributed by atoms with E-state index in [1.807, 2.05) is 5.32 Å². The van der Waals surface area contributed by atoms with Crippen LogP contribution in [0.4, 0.5) is 0 Å². The maximum absolute atomic E-state index is 13.5. The third kappa shape index (κ3) is 22.4. The van der Waals surface area contributed by atoms with Gasteiger partial charge in [-0.15, -0.1) is 0 Å². The van der Waals surface area contributed by atoms with Crippen LogP contribution in [0.1, 0.15) is 44.9 Å². The highest BCUT2D eigenvalue weighted by Gasteiger charge is 2.33. The predicted octanol–water partition coefficient (Wildman–Crippen LogP) is -10.7. The largest absolute Gasteiger partial charge is 0.480 e. The first-order chi connectivity index (χ1) is 28.2. The summed E-state index contributed by atoms with van der Waals surface area (Å²) in [5.41, 5.74) is 43.0. The average Bonchev–Trinajstić information content (AvgIpc) is 3.17. The number of nitrogens with one attached hydrogen (secondary N) is 6. The Morgan fingerprint density at radius 3 is 1.07 bits per heavy atom. The molecular weight excluding hydrogens is 802 g/mol. The summed E-state index contributed by atoms with van der Waals surface area (Å²) >= 11 is 0. The van der Waals surface area contributed by atoms with Crippen LogP contribution in [0, 0.1) is 0 Å². The van der Waals surface area contributed by atoms with Gasteiger partial charge in [0.05, 0.1) is 32.3 Å². The lowest BCUT2D eigenvalue weighted by atomic mass is 10.1. The van der Waals surface area contributed by atoms with Crippen molar-refractivity contribution >= 4 is 65.2 Å².